The summed E-state index contributed by atoms with van der Waals surface area (Å²) in [5, 5.41) is 6.15. The summed E-state index contributed by atoms with van der Waals surface area (Å²) in [6.45, 7) is 11.2. The van der Waals surface area contributed by atoms with Gasteiger partial charge in [0.15, 0.2) is 5.82 Å². The molecule has 4 saturated heterocycles. The Labute approximate surface area is 250 Å². The molecule has 5 aliphatic heterocycles. The van der Waals surface area contributed by atoms with E-state index in [1.807, 2.05) is 25.1 Å². The van der Waals surface area contributed by atoms with Crippen molar-refractivity contribution in [3.05, 3.63) is 51.6 Å². The zero-order valence-corrected chi connectivity index (χ0v) is 25.0. The minimum absolute atomic E-state index is 0.0620. The Morgan fingerprint density at radius 3 is 3.00 bits per heavy atom. The van der Waals surface area contributed by atoms with Crippen LogP contribution in [0, 0.1) is 5.82 Å². The molecule has 43 heavy (non-hydrogen) atoms. The van der Waals surface area contributed by atoms with Crippen LogP contribution in [0.4, 0.5) is 14.6 Å². The topological polar surface area (TPSA) is 62.8 Å². The van der Waals surface area contributed by atoms with E-state index in [9.17, 15) is 4.39 Å². The minimum Gasteiger partial charge on any atom is -0.491 e. The lowest BCUT2D eigenvalue weighted by molar-refractivity contribution is 0.107. The molecule has 0 spiro atoms. The van der Waals surface area contributed by atoms with E-state index in [4.69, 9.17) is 19.4 Å². The molecule has 9 heteroatoms. The standard InChI is InChI=1S/C34H39F2N5O2/c1-4-21-8-5-7-19(2)28(21)20(3)24-13-27-29-31(30(24)36)38-33(43-18-34-11-6-12-40(34)15-22(35)14-34)39-32(29)41-16-23-9-10-25(37-23)26(41)17-42-27/h5,7-8,13,22-23,25-26,37H,2,4,6,9-12,14-18H2,1,3H3/b28-20-/t22-,23-,25+,26+,34+/m0/s1. The van der Waals surface area contributed by atoms with E-state index in [-0.39, 0.29) is 29.1 Å². The normalized spacial score (nSPS) is 30.2. The Morgan fingerprint density at radius 1 is 1.26 bits per heavy atom. The van der Waals surface area contributed by atoms with Gasteiger partial charge >= 0.3 is 6.01 Å². The number of fused-ring (bicyclic) bond motifs is 6. The average Bonchev–Trinajstić information content (AvgIpc) is 3.63. The Bertz CT molecular complexity index is 1730. The number of ether oxygens (including phenoxy) is 2. The van der Waals surface area contributed by atoms with Crippen LogP contribution in [0.15, 0.2) is 24.3 Å². The number of nitrogens with zero attached hydrogens (tertiary/aromatic N) is 4. The van der Waals surface area contributed by atoms with Crippen LogP contribution in [0.25, 0.3) is 23.1 Å². The van der Waals surface area contributed by atoms with Gasteiger partial charge in [-0.05, 0) is 73.2 Å². The van der Waals surface area contributed by atoms with Crippen LogP contribution in [0.3, 0.4) is 0 Å². The van der Waals surface area contributed by atoms with Crippen molar-refractivity contribution in [2.45, 2.75) is 82.2 Å². The van der Waals surface area contributed by atoms with Crippen molar-refractivity contribution >= 4 is 28.9 Å². The number of aromatic nitrogens is 2. The van der Waals surface area contributed by atoms with Crippen LogP contribution in [0.5, 0.6) is 11.8 Å². The highest BCUT2D eigenvalue weighted by Gasteiger charge is 2.50. The number of piperazine rings is 1. The second kappa shape index (κ2) is 10.1. The zero-order chi connectivity index (χ0) is 29.5. The number of alkyl halides is 1. The van der Waals surface area contributed by atoms with Crippen LogP contribution < -0.4 is 30.1 Å². The Kier molecular flexibility index (Phi) is 6.42. The van der Waals surface area contributed by atoms with Crippen LogP contribution in [0.1, 0.15) is 57.1 Å². The van der Waals surface area contributed by atoms with Gasteiger partial charge < -0.3 is 19.7 Å². The molecule has 6 heterocycles. The number of benzene rings is 2. The van der Waals surface area contributed by atoms with Crippen LogP contribution in [-0.4, -0.2) is 77.6 Å². The third kappa shape index (κ3) is 4.25. The number of halogens is 2. The van der Waals surface area contributed by atoms with Gasteiger partial charge in [0.1, 0.15) is 36.5 Å². The highest BCUT2D eigenvalue weighted by Crippen LogP contribution is 2.44. The predicted molar refractivity (Wildman–Crippen MR) is 163 cm³/mol. The molecule has 0 aliphatic carbocycles. The summed E-state index contributed by atoms with van der Waals surface area (Å²) in [6.07, 6.45) is 4.47. The van der Waals surface area contributed by atoms with Crippen molar-refractivity contribution in [2.75, 3.05) is 37.7 Å². The van der Waals surface area contributed by atoms with Gasteiger partial charge in [0, 0.05) is 37.2 Å². The highest BCUT2D eigenvalue weighted by atomic mass is 19.1. The maximum absolute atomic E-state index is 16.9. The molecule has 1 N–H and O–H groups in total. The van der Waals surface area contributed by atoms with E-state index >= 15 is 4.39 Å². The molecule has 1 aromatic heterocycles. The molecule has 5 atom stereocenters. The molecule has 0 amide bonds. The summed E-state index contributed by atoms with van der Waals surface area (Å²) in [4.78, 5) is 14.2. The quantitative estimate of drug-likeness (QED) is 0.490. The van der Waals surface area contributed by atoms with Crippen molar-refractivity contribution in [1.82, 2.24) is 20.2 Å². The second-order valence-corrected chi connectivity index (χ2v) is 13.2. The molecule has 4 fully saturated rings. The van der Waals surface area contributed by atoms with Crippen LogP contribution >= 0.6 is 0 Å². The summed E-state index contributed by atoms with van der Waals surface area (Å²) < 4.78 is 44.2. The van der Waals surface area contributed by atoms with Gasteiger partial charge in [-0.1, -0.05) is 31.7 Å². The molecule has 2 bridgehead atoms. The number of anilines is 1. The number of rotatable bonds is 5. The van der Waals surface area contributed by atoms with E-state index in [2.05, 4.69) is 34.7 Å². The van der Waals surface area contributed by atoms with Crippen molar-refractivity contribution in [1.29, 1.82) is 0 Å². The summed E-state index contributed by atoms with van der Waals surface area (Å²) in [7, 11) is 0. The average molecular weight is 588 g/mol. The fourth-order valence-electron chi connectivity index (χ4n) is 8.59. The van der Waals surface area contributed by atoms with E-state index in [1.165, 1.54) is 0 Å². The third-order valence-corrected chi connectivity index (χ3v) is 10.7. The molecule has 7 nitrogen and oxygen atoms in total. The number of hydrogen-bond acceptors (Lipinski definition) is 7. The lowest BCUT2D eigenvalue weighted by Crippen LogP contribution is -2.60. The Balaban J connectivity index is 1.30. The van der Waals surface area contributed by atoms with Gasteiger partial charge in [-0.25, -0.2) is 8.78 Å². The van der Waals surface area contributed by atoms with Crippen LogP contribution in [-0.2, 0) is 6.42 Å². The number of hydrogen-bond donors (Lipinski definition) is 1. The van der Waals surface area contributed by atoms with Gasteiger partial charge in [0.2, 0.25) is 0 Å². The molecule has 226 valence electrons. The zero-order valence-electron chi connectivity index (χ0n) is 25.0. The SMILES string of the molecule is C=c1cccc(CC)/c1=C(/C)c1cc2c3c(nc(OC[C@]45CCCN4C[C@@H](F)C5)nc3c1F)N1C[C@@H]3CC[C@@H](N3)[C@H]1CO2. The van der Waals surface area contributed by atoms with Crippen molar-refractivity contribution in [2.24, 2.45) is 0 Å². The lowest BCUT2D eigenvalue weighted by Gasteiger charge is -2.40. The molecule has 3 aromatic rings. The molecule has 0 radical (unpaired) electrons. The number of aryl methyl sites for hydroxylation is 1. The molecule has 2 aromatic carbocycles. The van der Waals surface area contributed by atoms with E-state index in [0.29, 0.717) is 54.7 Å². The molecule has 0 saturated carbocycles. The fraction of sp³-hybridized carbons (Fsp3) is 0.529. The summed E-state index contributed by atoms with van der Waals surface area (Å²) in [5.74, 6) is 0.843. The van der Waals surface area contributed by atoms with Gasteiger partial charge in [0.05, 0.1) is 17.0 Å². The maximum Gasteiger partial charge on any atom is 0.319 e. The predicted octanol–water partition coefficient (Wildman–Crippen LogP) is 3.62. The maximum atomic E-state index is 16.9. The fourth-order valence-corrected chi connectivity index (χ4v) is 8.59. The Morgan fingerprint density at radius 2 is 2.14 bits per heavy atom. The van der Waals surface area contributed by atoms with Crippen LogP contribution in [0.2, 0.25) is 0 Å². The molecular weight excluding hydrogens is 548 g/mol. The monoisotopic (exact) mass is 587 g/mol. The first-order chi connectivity index (χ1) is 20.8. The van der Waals surface area contributed by atoms with E-state index in [0.717, 1.165) is 66.8 Å². The van der Waals surface area contributed by atoms with E-state index < -0.39 is 12.0 Å². The first-order valence-electron chi connectivity index (χ1n) is 15.8. The Hall–Kier alpha value is -3.30. The lowest BCUT2D eigenvalue weighted by atomic mass is 9.95. The minimum atomic E-state index is -0.856. The van der Waals surface area contributed by atoms with Gasteiger partial charge in [-0.3, -0.25) is 4.90 Å². The molecular formula is C34H39F2N5O2. The van der Waals surface area contributed by atoms with Crippen molar-refractivity contribution in [3.63, 3.8) is 0 Å². The van der Waals surface area contributed by atoms with Gasteiger partial charge in [0.25, 0.3) is 0 Å². The summed E-state index contributed by atoms with van der Waals surface area (Å²) in [5.41, 5.74) is 2.21. The molecule has 0 unspecified atom stereocenters. The first kappa shape index (κ1) is 27.3. The largest absolute Gasteiger partial charge is 0.491 e. The summed E-state index contributed by atoms with van der Waals surface area (Å²) in [6, 6.07) is 8.68. The van der Waals surface area contributed by atoms with Gasteiger partial charge in [-0.15, -0.1) is 0 Å². The smallest absolute Gasteiger partial charge is 0.319 e. The second-order valence-electron chi connectivity index (χ2n) is 13.2. The van der Waals surface area contributed by atoms with Gasteiger partial charge in [-0.2, -0.15) is 9.97 Å². The van der Waals surface area contributed by atoms with E-state index in [1.54, 1.807) is 0 Å². The first-order valence-corrected chi connectivity index (χ1v) is 15.8. The van der Waals surface area contributed by atoms with Crippen molar-refractivity contribution < 1.29 is 18.3 Å². The number of nitrogens with one attached hydrogen (secondary N) is 1. The summed E-state index contributed by atoms with van der Waals surface area (Å²) >= 11 is 0. The highest BCUT2D eigenvalue weighted by molar-refractivity contribution is 5.98. The molecule has 5 aliphatic rings. The third-order valence-electron chi connectivity index (χ3n) is 10.7. The molecule has 8 rings (SSSR count). The van der Waals surface area contributed by atoms with Crippen molar-refractivity contribution in [3.8, 4) is 11.8 Å².